The lowest BCUT2D eigenvalue weighted by Crippen LogP contribution is -2.43. The minimum Gasteiger partial charge on any atom is -0.508 e. The fraction of sp³-hybridized carbons (Fsp3) is 0.588. The molecule has 1 aliphatic heterocycles. The summed E-state index contributed by atoms with van der Waals surface area (Å²) in [4.78, 5) is 16.7. The van der Waals surface area contributed by atoms with E-state index in [1.807, 2.05) is 17.0 Å². The van der Waals surface area contributed by atoms with Gasteiger partial charge in [0, 0.05) is 25.7 Å². The SMILES string of the molecule is O=C(CN(Cc1ccc(O)cc1)C1CC1)N1CCCCC1. The van der Waals surface area contributed by atoms with Gasteiger partial charge < -0.3 is 10.0 Å². The van der Waals surface area contributed by atoms with E-state index in [9.17, 15) is 9.90 Å². The Hall–Kier alpha value is -1.55. The second-order valence-corrected chi connectivity index (χ2v) is 6.24. The number of aromatic hydroxyl groups is 1. The number of hydrogen-bond acceptors (Lipinski definition) is 3. The van der Waals surface area contributed by atoms with E-state index in [0.29, 0.717) is 18.3 Å². The molecule has 0 atom stereocenters. The smallest absolute Gasteiger partial charge is 0.236 e. The third-order valence-electron chi connectivity index (χ3n) is 4.43. The Morgan fingerprint density at radius 3 is 2.43 bits per heavy atom. The molecule has 0 aromatic heterocycles. The van der Waals surface area contributed by atoms with Gasteiger partial charge in [-0.3, -0.25) is 9.69 Å². The lowest BCUT2D eigenvalue weighted by molar-refractivity contribution is -0.133. The Morgan fingerprint density at radius 1 is 1.14 bits per heavy atom. The highest BCUT2D eigenvalue weighted by atomic mass is 16.3. The van der Waals surface area contributed by atoms with Crippen LogP contribution in [0.15, 0.2) is 24.3 Å². The molecule has 0 unspecified atom stereocenters. The molecule has 0 spiro atoms. The lowest BCUT2D eigenvalue weighted by Gasteiger charge is -2.30. The maximum absolute atomic E-state index is 12.4. The van der Waals surface area contributed by atoms with Crippen LogP contribution in [0, 0.1) is 0 Å². The van der Waals surface area contributed by atoms with Crippen molar-refractivity contribution >= 4 is 5.91 Å². The number of benzene rings is 1. The highest BCUT2D eigenvalue weighted by Gasteiger charge is 2.31. The van der Waals surface area contributed by atoms with Gasteiger partial charge in [0.15, 0.2) is 0 Å². The Kier molecular flexibility index (Phi) is 4.44. The van der Waals surface area contributed by atoms with E-state index in [2.05, 4.69) is 4.90 Å². The third kappa shape index (κ3) is 3.97. The van der Waals surface area contributed by atoms with Crippen LogP contribution < -0.4 is 0 Å². The zero-order valence-corrected chi connectivity index (χ0v) is 12.5. The van der Waals surface area contributed by atoms with Crippen LogP contribution in [0.4, 0.5) is 0 Å². The fourth-order valence-electron chi connectivity index (χ4n) is 3.01. The maximum Gasteiger partial charge on any atom is 0.236 e. The predicted molar refractivity (Wildman–Crippen MR) is 82.0 cm³/mol. The van der Waals surface area contributed by atoms with Crippen LogP contribution in [0.2, 0.25) is 0 Å². The molecule has 3 rings (SSSR count). The first-order valence-electron chi connectivity index (χ1n) is 8.02. The van der Waals surface area contributed by atoms with Gasteiger partial charge in [0.05, 0.1) is 6.54 Å². The molecule has 1 aromatic rings. The molecule has 4 nitrogen and oxygen atoms in total. The molecular formula is C17H24N2O2. The average molecular weight is 288 g/mol. The van der Waals surface area contributed by atoms with E-state index in [4.69, 9.17) is 0 Å². The maximum atomic E-state index is 12.4. The van der Waals surface area contributed by atoms with Crippen molar-refractivity contribution in [2.75, 3.05) is 19.6 Å². The number of nitrogens with zero attached hydrogens (tertiary/aromatic N) is 2. The molecule has 1 amide bonds. The summed E-state index contributed by atoms with van der Waals surface area (Å²) in [5.74, 6) is 0.571. The van der Waals surface area contributed by atoms with E-state index >= 15 is 0 Å². The molecular weight excluding hydrogens is 264 g/mol. The monoisotopic (exact) mass is 288 g/mol. The molecule has 0 radical (unpaired) electrons. The average Bonchev–Trinajstić information content (AvgIpc) is 3.34. The van der Waals surface area contributed by atoms with Crippen LogP contribution >= 0.6 is 0 Å². The molecule has 1 saturated heterocycles. The van der Waals surface area contributed by atoms with Gasteiger partial charge in [0.1, 0.15) is 5.75 Å². The van der Waals surface area contributed by atoms with Crippen molar-refractivity contribution in [3.63, 3.8) is 0 Å². The van der Waals surface area contributed by atoms with Crippen molar-refractivity contribution < 1.29 is 9.90 Å². The van der Waals surface area contributed by atoms with E-state index in [1.165, 1.54) is 19.3 Å². The Morgan fingerprint density at radius 2 is 1.81 bits per heavy atom. The van der Waals surface area contributed by atoms with Crippen molar-refractivity contribution in [3.8, 4) is 5.75 Å². The van der Waals surface area contributed by atoms with Gasteiger partial charge >= 0.3 is 0 Å². The quantitative estimate of drug-likeness (QED) is 0.904. The Labute approximate surface area is 126 Å². The van der Waals surface area contributed by atoms with Crippen molar-refractivity contribution in [1.29, 1.82) is 0 Å². The number of piperidine rings is 1. The van der Waals surface area contributed by atoms with E-state index < -0.39 is 0 Å². The molecule has 1 saturated carbocycles. The highest BCUT2D eigenvalue weighted by Crippen LogP contribution is 2.28. The highest BCUT2D eigenvalue weighted by molar-refractivity contribution is 5.78. The second kappa shape index (κ2) is 6.48. The lowest BCUT2D eigenvalue weighted by atomic mass is 10.1. The number of likely N-dealkylation sites (tertiary alicyclic amines) is 1. The van der Waals surface area contributed by atoms with Gasteiger partial charge in [-0.25, -0.2) is 0 Å². The first kappa shape index (κ1) is 14.4. The first-order valence-corrected chi connectivity index (χ1v) is 8.02. The van der Waals surface area contributed by atoms with E-state index in [0.717, 1.165) is 38.0 Å². The minimum absolute atomic E-state index is 0.278. The van der Waals surface area contributed by atoms with Crippen LogP contribution in [0.25, 0.3) is 0 Å². The molecule has 1 N–H and O–H groups in total. The molecule has 1 heterocycles. The number of hydrogen-bond donors (Lipinski definition) is 1. The van der Waals surface area contributed by atoms with Crippen LogP contribution in [0.1, 0.15) is 37.7 Å². The van der Waals surface area contributed by atoms with Gasteiger partial charge in [-0.1, -0.05) is 12.1 Å². The second-order valence-electron chi connectivity index (χ2n) is 6.24. The molecule has 114 valence electrons. The predicted octanol–water partition coefficient (Wildman–Crippen LogP) is 2.37. The number of amides is 1. The zero-order chi connectivity index (χ0) is 14.7. The first-order chi connectivity index (χ1) is 10.2. The van der Waals surface area contributed by atoms with Crippen LogP contribution in [0.5, 0.6) is 5.75 Å². The van der Waals surface area contributed by atoms with E-state index in [-0.39, 0.29) is 5.91 Å². The van der Waals surface area contributed by atoms with Crippen LogP contribution in [-0.4, -0.2) is 46.5 Å². The zero-order valence-electron chi connectivity index (χ0n) is 12.5. The standard InChI is InChI=1S/C17H24N2O2/c20-16-8-4-14(5-9-16)12-19(15-6-7-15)13-17(21)18-10-2-1-3-11-18/h4-5,8-9,15,20H,1-3,6-7,10-13H2. The molecule has 2 aliphatic rings. The van der Waals surface area contributed by atoms with Gasteiger partial charge in [-0.2, -0.15) is 0 Å². The topological polar surface area (TPSA) is 43.8 Å². The van der Waals surface area contributed by atoms with Gasteiger partial charge in [-0.15, -0.1) is 0 Å². The van der Waals surface area contributed by atoms with Gasteiger partial charge in [0.25, 0.3) is 0 Å². The third-order valence-corrected chi connectivity index (χ3v) is 4.43. The normalized spacial score (nSPS) is 19.0. The number of carbonyl (C=O) groups is 1. The summed E-state index contributed by atoms with van der Waals surface area (Å²) in [6.07, 6.45) is 5.95. The Bertz CT molecular complexity index is 476. The van der Waals surface area contributed by atoms with Gasteiger partial charge in [0.2, 0.25) is 5.91 Å². The van der Waals surface area contributed by atoms with E-state index in [1.54, 1.807) is 12.1 Å². The number of rotatable bonds is 5. The summed E-state index contributed by atoms with van der Waals surface area (Å²) in [6, 6.07) is 7.87. The Balaban J connectivity index is 1.59. The summed E-state index contributed by atoms with van der Waals surface area (Å²) < 4.78 is 0. The molecule has 21 heavy (non-hydrogen) atoms. The molecule has 2 fully saturated rings. The summed E-state index contributed by atoms with van der Waals surface area (Å²) in [7, 11) is 0. The summed E-state index contributed by atoms with van der Waals surface area (Å²) in [6.45, 7) is 3.18. The van der Waals surface area contributed by atoms with Crippen molar-refractivity contribution in [1.82, 2.24) is 9.80 Å². The largest absolute Gasteiger partial charge is 0.508 e. The number of phenolic OH excluding ortho intramolecular Hbond substituents is 1. The molecule has 1 aromatic carbocycles. The van der Waals surface area contributed by atoms with Crippen LogP contribution in [-0.2, 0) is 11.3 Å². The van der Waals surface area contributed by atoms with Crippen molar-refractivity contribution in [2.45, 2.75) is 44.7 Å². The number of phenols is 1. The van der Waals surface area contributed by atoms with Gasteiger partial charge in [-0.05, 0) is 49.8 Å². The number of carbonyl (C=O) groups excluding carboxylic acids is 1. The molecule has 4 heteroatoms. The van der Waals surface area contributed by atoms with Crippen molar-refractivity contribution in [2.24, 2.45) is 0 Å². The summed E-state index contributed by atoms with van der Waals surface area (Å²) >= 11 is 0. The minimum atomic E-state index is 0.278. The summed E-state index contributed by atoms with van der Waals surface area (Å²) in [5.41, 5.74) is 1.16. The molecule has 0 bridgehead atoms. The van der Waals surface area contributed by atoms with Crippen molar-refractivity contribution in [3.05, 3.63) is 29.8 Å². The fourth-order valence-corrected chi connectivity index (χ4v) is 3.01. The molecule has 1 aliphatic carbocycles. The summed E-state index contributed by atoms with van der Waals surface area (Å²) in [5, 5.41) is 9.35. The van der Waals surface area contributed by atoms with Crippen LogP contribution in [0.3, 0.4) is 0 Å².